The van der Waals surface area contributed by atoms with Crippen molar-refractivity contribution in [1.82, 2.24) is 4.98 Å². The van der Waals surface area contributed by atoms with Gasteiger partial charge in [0.25, 0.3) is 0 Å². The Balaban J connectivity index is 0.938. The van der Waals surface area contributed by atoms with E-state index in [-0.39, 0.29) is 0 Å². The highest BCUT2D eigenvalue weighted by Gasteiger charge is 2.26. The molecule has 10 aromatic carbocycles. The van der Waals surface area contributed by atoms with E-state index >= 15 is 0 Å². The smallest absolute Gasteiger partial charge is 0.0787 e. The van der Waals surface area contributed by atoms with E-state index in [1.165, 1.54) is 137 Å². The van der Waals surface area contributed by atoms with Gasteiger partial charge in [-0.05, 0) is 169 Å². The molecule has 0 amide bonds. The molecule has 0 spiro atoms. The molecule has 0 N–H and O–H groups in total. The highest BCUT2D eigenvalue weighted by atomic mass is 14.7. The first-order chi connectivity index (χ1) is 30.1. The lowest BCUT2D eigenvalue weighted by Gasteiger charge is -2.16. The fourth-order valence-electron chi connectivity index (χ4n) is 10.8. The van der Waals surface area contributed by atoms with Gasteiger partial charge in [-0.25, -0.2) is 0 Å². The van der Waals surface area contributed by atoms with Crippen LogP contribution in [0.5, 0.6) is 0 Å². The normalized spacial score (nSPS) is 12.9. The lowest BCUT2D eigenvalue weighted by atomic mass is 9.88. The molecule has 0 saturated heterocycles. The number of aromatic nitrogens is 1. The summed E-state index contributed by atoms with van der Waals surface area (Å²) >= 11 is 0. The Kier molecular flexibility index (Phi) is 7.15. The van der Waals surface area contributed by atoms with E-state index in [4.69, 9.17) is 4.98 Å². The van der Waals surface area contributed by atoms with Crippen LogP contribution in [0, 0.1) is 0 Å². The highest BCUT2D eigenvalue weighted by Crippen LogP contribution is 2.51. The number of benzene rings is 10. The summed E-state index contributed by atoms with van der Waals surface area (Å²) in [5.41, 5.74) is 17.3. The maximum absolute atomic E-state index is 4.86. The fourth-order valence-corrected chi connectivity index (χ4v) is 10.8. The van der Waals surface area contributed by atoms with E-state index in [9.17, 15) is 0 Å². The summed E-state index contributed by atoms with van der Waals surface area (Å²) in [4.78, 5) is 4.86. The zero-order chi connectivity index (χ0) is 40.3. The number of allylic oxidation sites excluding steroid dienone is 5. The minimum atomic E-state index is 1.08. The summed E-state index contributed by atoms with van der Waals surface area (Å²) in [6.45, 7) is 6.18. The Labute approximate surface area is 353 Å². The summed E-state index contributed by atoms with van der Waals surface area (Å²) < 4.78 is 0. The number of nitrogens with zero attached hydrogens (tertiary/aromatic N) is 1. The summed E-state index contributed by atoms with van der Waals surface area (Å²) in [6, 6.07) is 63.5. The molecule has 0 fully saturated rings. The lowest BCUT2D eigenvalue weighted by molar-refractivity contribution is 1.35. The molecule has 2 aliphatic rings. The van der Waals surface area contributed by atoms with Crippen molar-refractivity contribution in [2.75, 3.05) is 0 Å². The van der Waals surface area contributed by atoms with Gasteiger partial charge in [0.05, 0.1) is 5.69 Å². The monoisotopic (exact) mass is 771 g/mol. The molecule has 0 atom stereocenters. The van der Waals surface area contributed by atoms with E-state index in [0.717, 1.165) is 5.69 Å². The van der Waals surface area contributed by atoms with Gasteiger partial charge < -0.3 is 0 Å². The van der Waals surface area contributed by atoms with Gasteiger partial charge in [0.1, 0.15) is 0 Å². The van der Waals surface area contributed by atoms with Gasteiger partial charge in [-0.15, -0.1) is 0 Å². The minimum Gasteiger partial charge on any atom is -0.256 e. The standard InChI is InChI=1S/C60H37N/c1-3-4-15-40-35(2)50-31-53-43-18-7-5-16-41(43)51(32-55(53)47-22-10-20-45(40)58(47)50)37-27-25-36(26-28-37)38-13-9-14-39(30-38)52-33-56-48-23-11-21-46-49-24-12-29-61-60(49)57(59(46)48)34-54(56)44-19-8-6-17-42(44)52/h3-34H,1H2,2H3/b15-4-. The van der Waals surface area contributed by atoms with Gasteiger partial charge >= 0.3 is 0 Å². The maximum Gasteiger partial charge on any atom is 0.0787 e. The number of pyridine rings is 1. The summed E-state index contributed by atoms with van der Waals surface area (Å²) in [5, 5.41) is 15.4. The van der Waals surface area contributed by atoms with Crippen LogP contribution in [0.3, 0.4) is 0 Å². The molecule has 1 aromatic heterocycles. The lowest BCUT2D eigenvalue weighted by Crippen LogP contribution is -1.89. The van der Waals surface area contributed by atoms with Gasteiger partial charge in [-0.3, -0.25) is 4.98 Å². The molecular weight excluding hydrogens is 735 g/mol. The third kappa shape index (κ3) is 4.80. The number of hydrogen-bond acceptors (Lipinski definition) is 1. The van der Waals surface area contributed by atoms with Crippen LogP contribution < -0.4 is 0 Å². The van der Waals surface area contributed by atoms with Crippen LogP contribution >= 0.6 is 0 Å². The Morgan fingerprint density at radius 2 is 0.902 bits per heavy atom. The average Bonchev–Trinajstić information content (AvgIpc) is 3.79. The largest absolute Gasteiger partial charge is 0.256 e. The van der Waals surface area contributed by atoms with Crippen LogP contribution in [0.4, 0.5) is 0 Å². The second-order valence-corrected chi connectivity index (χ2v) is 16.6. The molecule has 0 unspecified atom stereocenters. The van der Waals surface area contributed by atoms with Gasteiger partial charge in [0.15, 0.2) is 0 Å². The Morgan fingerprint density at radius 3 is 1.61 bits per heavy atom. The summed E-state index contributed by atoms with van der Waals surface area (Å²) in [6.07, 6.45) is 8.02. The summed E-state index contributed by atoms with van der Waals surface area (Å²) in [7, 11) is 0. The van der Waals surface area contributed by atoms with Gasteiger partial charge in [0, 0.05) is 17.3 Å². The molecular formula is C60H37N. The molecule has 1 nitrogen and oxygen atoms in total. The second kappa shape index (κ2) is 12.8. The molecule has 2 aliphatic carbocycles. The third-order valence-electron chi connectivity index (χ3n) is 13.6. The van der Waals surface area contributed by atoms with Gasteiger partial charge in [-0.1, -0.05) is 158 Å². The molecule has 61 heavy (non-hydrogen) atoms. The van der Waals surface area contributed by atoms with Crippen molar-refractivity contribution in [1.29, 1.82) is 0 Å². The molecule has 0 saturated carbocycles. The first-order valence-electron chi connectivity index (χ1n) is 21.1. The van der Waals surface area contributed by atoms with Crippen molar-refractivity contribution >= 4 is 75.8 Å². The molecule has 1 heteroatoms. The van der Waals surface area contributed by atoms with Gasteiger partial charge in [-0.2, -0.15) is 0 Å². The Hall–Kier alpha value is -7.87. The maximum atomic E-state index is 4.86. The van der Waals surface area contributed by atoms with E-state index in [1.54, 1.807) is 0 Å². The van der Waals surface area contributed by atoms with E-state index in [1.807, 2.05) is 24.4 Å². The Bertz CT molecular complexity index is 3820. The van der Waals surface area contributed by atoms with Crippen molar-refractivity contribution in [3.63, 3.8) is 0 Å². The van der Waals surface area contributed by atoms with E-state index in [2.05, 4.69) is 183 Å². The average molecular weight is 772 g/mol. The minimum absolute atomic E-state index is 1.08. The predicted molar refractivity (Wildman–Crippen MR) is 262 cm³/mol. The van der Waals surface area contributed by atoms with Crippen LogP contribution in [0.1, 0.15) is 18.1 Å². The van der Waals surface area contributed by atoms with E-state index < -0.39 is 0 Å². The quantitative estimate of drug-likeness (QED) is 0.125. The number of rotatable bonds is 5. The topological polar surface area (TPSA) is 12.9 Å². The summed E-state index contributed by atoms with van der Waals surface area (Å²) in [5.74, 6) is 0. The van der Waals surface area contributed by atoms with Gasteiger partial charge in [0.2, 0.25) is 0 Å². The number of fused-ring (bicyclic) bond motifs is 11. The fraction of sp³-hybridized carbons (Fsp3) is 0.0167. The van der Waals surface area contributed by atoms with Crippen molar-refractivity contribution in [2.45, 2.75) is 6.92 Å². The molecule has 0 bridgehead atoms. The zero-order valence-electron chi connectivity index (χ0n) is 33.6. The number of hydrogen-bond donors (Lipinski definition) is 0. The molecule has 282 valence electrons. The van der Waals surface area contributed by atoms with Crippen LogP contribution in [-0.2, 0) is 0 Å². The predicted octanol–water partition coefficient (Wildman–Crippen LogP) is 16.6. The molecule has 0 aliphatic heterocycles. The van der Waals surface area contributed by atoms with Crippen LogP contribution in [0.2, 0.25) is 0 Å². The zero-order valence-corrected chi connectivity index (χ0v) is 33.6. The first kappa shape index (κ1) is 34.0. The van der Waals surface area contributed by atoms with Crippen LogP contribution in [-0.4, -0.2) is 4.98 Å². The van der Waals surface area contributed by atoms with Crippen LogP contribution in [0.25, 0.3) is 132 Å². The highest BCUT2D eigenvalue weighted by molar-refractivity contribution is 6.29. The van der Waals surface area contributed by atoms with Crippen LogP contribution in [0.15, 0.2) is 201 Å². The van der Waals surface area contributed by atoms with E-state index in [0.29, 0.717) is 0 Å². The molecule has 1 heterocycles. The van der Waals surface area contributed by atoms with Crippen molar-refractivity contribution in [3.8, 4) is 55.8 Å². The second-order valence-electron chi connectivity index (χ2n) is 16.6. The third-order valence-corrected chi connectivity index (χ3v) is 13.6. The van der Waals surface area contributed by atoms with Crippen molar-refractivity contribution in [3.05, 3.63) is 212 Å². The molecule has 13 rings (SSSR count). The van der Waals surface area contributed by atoms with Crippen molar-refractivity contribution < 1.29 is 0 Å². The first-order valence-corrected chi connectivity index (χ1v) is 21.1. The Morgan fingerprint density at radius 1 is 0.377 bits per heavy atom. The molecule has 0 radical (unpaired) electrons. The SMILES string of the molecule is C=C/C=C\C1=C(C)c2cc3c4ccccc4c(-c4ccc(-c5cccc(-c6cc7c8cccc9c8c(cc7c7ccccc67)-c6ncccc6-9)c5)cc4)cc3c3cccc1c23. The van der Waals surface area contributed by atoms with Crippen molar-refractivity contribution in [2.24, 2.45) is 0 Å². The molecule has 11 aromatic rings.